The van der Waals surface area contributed by atoms with Gasteiger partial charge in [-0.15, -0.1) is 12.4 Å². The van der Waals surface area contributed by atoms with E-state index < -0.39 is 0 Å². The van der Waals surface area contributed by atoms with Crippen molar-refractivity contribution < 1.29 is 9.53 Å². The van der Waals surface area contributed by atoms with E-state index in [1.54, 1.807) is 0 Å². The Balaban J connectivity index is 0.00000169. The van der Waals surface area contributed by atoms with Crippen molar-refractivity contribution in [1.29, 1.82) is 0 Å². The molecule has 0 aromatic rings. The summed E-state index contributed by atoms with van der Waals surface area (Å²) in [5.74, 6) is 0.0315. The number of nitrogens with one attached hydrogen (secondary N) is 1. The number of guanidine groups is 1. The van der Waals surface area contributed by atoms with E-state index in [4.69, 9.17) is 10.5 Å². The van der Waals surface area contributed by atoms with Gasteiger partial charge >= 0.3 is 5.97 Å². The molecule has 6 heteroatoms. The number of carbonyl (C=O) groups excluding carboxylic acids is 1. The third kappa shape index (κ3) is 3.83. The summed E-state index contributed by atoms with van der Waals surface area (Å²) >= 11 is 0. The Morgan fingerprint density at radius 1 is 1.79 bits per heavy atom. The number of carbonyl (C=O) groups is 1. The highest BCUT2D eigenvalue weighted by molar-refractivity contribution is 5.85. The number of hydrogen-bond donors (Lipinski definition) is 2. The molecular formula is C8H16ClN3O2. The van der Waals surface area contributed by atoms with Crippen molar-refractivity contribution in [2.24, 2.45) is 16.6 Å². The van der Waals surface area contributed by atoms with Crippen molar-refractivity contribution in [3.8, 4) is 0 Å². The predicted octanol–water partition coefficient (Wildman–Crippen LogP) is -0.104. The molecule has 0 aromatic heterocycles. The topological polar surface area (TPSA) is 76.7 Å². The Labute approximate surface area is 89.5 Å². The lowest BCUT2D eigenvalue weighted by molar-refractivity contribution is -0.148. The van der Waals surface area contributed by atoms with Crippen LogP contribution in [0.1, 0.15) is 13.3 Å². The molecule has 0 radical (unpaired) electrons. The monoisotopic (exact) mass is 221 g/mol. The predicted molar refractivity (Wildman–Crippen MR) is 56.5 cm³/mol. The minimum absolute atomic E-state index is 0. The summed E-state index contributed by atoms with van der Waals surface area (Å²) in [6, 6.07) is 0. The van der Waals surface area contributed by atoms with Crippen LogP contribution >= 0.6 is 12.4 Å². The third-order valence-electron chi connectivity index (χ3n) is 1.79. The van der Waals surface area contributed by atoms with Crippen LogP contribution in [0.25, 0.3) is 0 Å². The fraction of sp³-hybridized carbons (Fsp3) is 0.750. The number of ether oxygens (including phenoxy) is 1. The van der Waals surface area contributed by atoms with Gasteiger partial charge in [0.15, 0.2) is 5.96 Å². The molecule has 0 amide bonds. The maximum atomic E-state index is 11.3. The SMILES string of the molecule is CCCOC(=O)C1CN=C(N)NC1.Cl. The molecule has 1 heterocycles. The molecule has 0 bridgehead atoms. The third-order valence-corrected chi connectivity index (χ3v) is 1.79. The lowest BCUT2D eigenvalue weighted by Gasteiger charge is -2.19. The molecule has 1 unspecified atom stereocenters. The molecule has 3 N–H and O–H groups in total. The standard InChI is InChI=1S/C8H15N3O2.ClH/c1-2-3-13-7(12)6-4-10-8(9)11-5-6;/h6H,2-5H2,1H3,(H3,9,10,11);1H. The minimum Gasteiger partial charge on any atom is -0.465 e. The normalized spacial score (nSPS) is 20.1. The van der Waals surface area contributed by atoms with Gasteiger partial charge in [0.05, 0.1) is 19.1 Å². The number of nitrogens with two attached hydrogens (primary N) is 1. The Bertz CT molecular complexity index is 221. The lowest BCUT2D eigenvalue weighted by Crippen LogP contribution is -2.43. The van der Waals surface area contributed by atoms with Gasteiger partial charge in [0.25, 0.3) is 0 Å². The van der Waals surface area contributed by atoms with E-state index in [9.17, 15) is 4.79 Å². The zero-order chi connectivity index (χ0) is 9.68. The summed E-state index contributed by atoms with van der Waals surface area (Å²) in [4.78, 5) is 15.2. The number of hydrogen-bond acceptors (Lipinski definition) is 5. The van der Waals surface area contributed by atoms with Gasteiger partial charge in [0.1, 0.15) is 0 Å². The first-order chi connectivity index (χ1) is 6.24. The van der Waals surface area contributed by atoms with Gasteiger partial charge in [-0.05, 0) is 6.42 Å². The molecule has 1 atom stereocenters. The van der Waals surface area contributed by atoms with Crippen LogP contribution in [0.2, 0.25) is 0 Å². The van der Waals surface area contributed by atoms with Crippen LogP contribution < -0.4 is 11.1 Å². The molecule has 1 rings (SSSR count). The average Bonchev–Trinajstić information content (AvgIpc) is 2.15. The van der Waals surface area contributed by atoms with Crippen molar-refractivity contribution in [2.75, 3.05) is 19.7 Å². The van der Waals surface area contributed by atoms with Crippen molar-refractivity contribution in [1.82, 2.24) is 5.32 Å². The number of halogens is 1. The number of rotatable bonds is 3. The Morgan fingerprint density at radius 3 is 3.00 bits per heavy atom. The molecule has 1 aliphatic rings. The largest absolute Gasteiger partial charge is 0.465 e. The van der Waals surface area contributed by atoms with E-state index in [1.807, 2.05) is 6.92 Å². The highest BCUT2D eigenvalue weighted by Crippen LogP contribution is 2.03. The van der Waals surface area contributed by atoms with Gasteiger partial charge in [-0.2, -0.15) is 0 Å². The van der Waals surface area contributed by atoms with Crippen LogP contribution in [0.5, 0.6) is 0 Å². The van der Waals surface area contributed by atoms with E-state index in [1.165, 1.54) is 0 Å². The Kier molecular flexibility index (Phi) is 6.03. The van der Waals surface area contributed by atoms with Crippen molar-refractivity contribution in [3.63, 3.8) is 0 Å². The van der Waals surface area contributed by atoms with E-state index in [0.29, 0.717) is 25.7 Å². The summed E-state index contributed by atoms with van der Waals surface area (Å²) < 4.78 is 4.98. The summed E-state index contributed by atoms with van der Waals surface area (Å²) in [5.41, 5.74) is 5.38. The van der Waals surface area contributed by atoms with Gasteiger partial charge in [0.2, 0.25) is 0 Å². The molecular weight excluding hydrogens is 206 g/mol. The quantitative estimate of drug-likeness (QED) is 0.653. The summed E-state index contributed by atoms with van der Waals surface area (Å²) in [6.45, 7) is 3.40. The zero-order valence-electron chi connectivity index (χ0n) is 8.16. The van der Waals surface area contributed by atoms with E-state index in [2.05, 4.69) is 10.3 Å². The molecule has 0 saturated heterocycles. The highest BCUT2D eigenvalue weighted by atomic mass is 35.5. The summed E-state index contributed by atoms with van der Waals surface area (Å²) in [5, 5.41) is 2.82. The first kappa shape index (κ1) is 13.0. The molecule has 0 aromatic carbocycles. The van der Waals surface area contributed by atoms with Crippen molar-refractivity contribution in [2.45, 2.75) is 13.3 Å². The first-order valence-electron chi connectivity index (χ1n) is 4.44. The van der Waals surface area contributed by atoms with Crippen molar-refractivity contribution in [3.05, 3.63) is 0 Å². The van der Waals surface area contributed by atoms with Crippen LogP contribution in [0.3, 0.4) is 0 Å². The molecule has 0 saturated carbocycles. The second-order valence-corrected chi connectivity index (χ2v) is 2.97. The zero-order valence-corrected chi connectivity index (χ0v) is 8.97. The minimum atomic E-state index is -0.189. The fourth-order valence-electron chi connectivity index (χ4n) is 1.04. The second kappa shape index (κ2) is 6.48. The number of nitrogens with zero attached hydrogens (tertiary/aromatic N) is 1. The summed E-state index contributed by atoms with van der Waals surface area (Å²) in [7, 11) is 0. The fourth-order valence-corrected chi connectivity index (χ4v) is 1.04. The van der Waals surface area contributed by atoms with Gasteiger partial charge < -0.3 is 15.8 Å². The smallest absolute Gasteiger partial charge is 0.312 e. The van der Waals surface area contributed by atoms with E-state index in [-0.39, 0.29) is 24.3 Å². The molecule has 14 heavy (non-hydrogen) atoms. The van der Waals surface area contributed by atoms with Crippen LogP contribution in [0.4, 0.5) is 0 Å². The second-order valence-electron chi connectivity index (χ2n) is 2.97. The number of aliphatic imine (C=N–C) groups is 1. The molecule has 0 fully saturated rings. The average molecular weight is 222 g/mol. The van der Waals surface area contributed by atoms with Crippen LogP contribution in [-0.2, 0) is 9.53 Å². The van der Waals surface area contributed by atoms with Crippen LogP contribution in [-0.4, -0.2) is 31.6 Å². The van der Waals surface area contributed by atoms with Gasteiger partial charge in [-0.1, -0.05) is 6.92 Å². The molecule has 5 nitrogen and oxygen atoms in total. The van der Waals surface area contributed by atoms with Gasteiger partial charge in [-0.3, -0.25) is 9.79 Å². The molecule has 82 valence electrons. The van der Waals surface area contributed by atoms with Crippen LogP contribution in [0.15, 0.2) is 4.99 Å². The van der Waals surface area contributed by atoms with Gasteiger partial charge in [-0.25, -0.2) is 0 Å². The molecule has 1 aliphatic heterocycles. The van der Waals surface area contributed by atoms with Crippen LogP contribution in [0, 0.1) is 5.92 Å². The summed E-state index contributed by atoms with van der Waals surface area (Å²) in [6.07, 6.45) is 0.845. The van der Waals surface area contributed by atoms with E-state index in [0.717, 1.165) is 6.42 Å². The first-order valence-corrected chi connectivity index (χ1v) is 4.44. The molecule has 0 spiro atoms. The maximum Gasteiger partial charge on any atom is 0.312 e. The van der Waals surface area contributed by atoms with E-state index >= 15 is 0 Å². The Hall–Kier alpha value is -0.970. The molecule has 0 aliphatic carbocycles. The highest BCUT2D eigenvalue weighted by Gasteiger charge is 2.22. The lowest BCUT2D eigenvalue weighted by atomic mass is 10.1. The van der Waals surface area contributed by atoms with Gasteiger partial charge in [0, 0.05) is 6.54 Å². The number of esters is 1. The maximum absolute atomic E-state index is 11.3. The Morgan fingerprint density at radius 2 is 2.50 bits per heavy atom. The van der Waals surface area contributed by atoms with Crippen molar-refractivity contribution >= 4 is 24.3 Å².